The minimum absolute atomic E-state index is 0.0673. The van der Waals surface area contributed by atoms with Crippen LogP contribution < -0.4 is 5.32 Å². The molecule has 1 rings (SSSR count). The van der Waals surface area contributed by atoms with E-state index in [0.717, 1.165) is 5.56 Å². The van der Waals surface area contributed by atoms with Crippen LogP contribution in [0, 0.1) is 0 Å². The Morgan fingerprint density at radius 1 is 1.20 bits per heavy atom. The smallest absolute Gasteiger partial charge is 0.319 e. The molecule has 0 heterocycles. The lowest BCUT2D eigenvalue weighted by Crippen LogP contribution is -2.42. The van der Waals surface area contributed by atoms with Crippen molar-refractivity contribution in [1.82, 2.24) is 5.32 Å². The average molecular weight is 295 g/mol. The van der Waals surface area contributed by atoms with E-state index in [4.69, 9.17) is 4.74 Å². The third-order valence-electron chi connectivity index (χ3n) is 2.48. The van der Waals surface area contributed by atoms with Gasteiger partial charge in [-0.05, 0) is 5.56 Å². The van der Waals surface area contributed by atoms with Gasteiger partial charge in [-0.25, -0.2) is 8.78 Å². The van der Waals surface area contributed by atoms with Gasteiger partial charge in [0, 0.05) is 6.54 Å². The number of aliphatic hydroxyl groups excluding tert-OH is 1. The third-order valence-corrected chi connectivity index (χ3v) is 2.48. The van der Waals surface area contributed by atoms with Crippen LogP contribution in [0.3, 0.4) is 0 Å². The number of halogens is 4. The molecule has 1 aromatic carbocycles. The highest BCUT2D eigenvalue weighted by molar-refractivity contribution is 5.13. The molecule has 0 saturated carbocycles. The minimum atomic E-state index is -4.09. The Morgan fingerprint density at radius 3 is 2.45 bits per heavy atom. The molecule has 1 aromatic rings. The number of rotatable bonds is 9. The van der Waals surface area contributed by atoms with E-state index in [1.165, 1.54) is 0 Å². The van der Waals surface area contributed by atoms with Gasteiger partial charge in [0.2, 0.25) is 0 Å². The standard InChI is InChI=1S/C13H17F4NO2/c14-12(15)13(16,17)9-18-6-11(19)8-20-7-10-4-2-1-3-5-10/h1-5,11-12,18-19H,6-9H2. The molecule has 0 saturated heterocycles. The molecule has 7 heteroatoms. The van der Waals surface area contributed by atoms with E-state index in [0.29, 0.717) is 0 Å². The molecular weight excluding hydrogens is 278 g/mol. The van der Waals surface area contributed by atoms with Crippen molar-refractivity contribution in [3.63, 3.8) is 0 Å². The summed E-state index contributed by atoms with van der Waals surface area (Å²) < 4.78 is 54.0. The fraction of sp³-hybridized carbons (Fsp3) is 0.538. The highest BCUT2D eigenvalue weighted by Crippen LogP contribution is 2.21. The summed E-state index contributed by atoms with van der Waals surface area (Å²) >= 11 is 0. The molecule has 114 valence electrons. The monoisotopic (exact) mass is 295 g/mol. The van der Waals surface area contributed by atoms with Gasteiger partial charge in [0.1, 0.15) is 0 Å². The number of hydrogen-bond donors (Lipinski definition) is 2. The van der Waals surface area contributed by atoms with Crippen molar-refractivity contribution in [2.45, 2.75) is 25.1 Å². The molecule has 0 aliphatic carbocycles. The van der Waals surface area contributed by atoms with Gasteiger partial charge in [-0.15, -0.1) is 0 Å². The molecule has 0 bridgehead atoms. The maximum atomic E-state index is 12.5. The van der Waals surface area contributed by atoms with Gasteiger partial charge in [-0.1, -0.05) is 30.3 Å². The molecule has 0 aliphatic heterocycles. The lowest BCUT2D eigenvalue weighted by Gasteiger charge is -2.17. The van der Waals surface area contributed by atoms with E-state index in [-0.39, 0.29) is 19.8 Å². The second kappa shape index (κ2) is 8.18. The molecule has 0 fully saturated rings. The Balaban J connectivity index is 2.13. The molecular formula is C13H17F4NO2. The number of aliphatic hydroxyl groups is 1. The van der Waals surface area contributed by atoms with Gasteiger partial charge in [-0.2, -0.15) is 8.78 Å². The zero-order chi connectivity index (χ0) is 15.0. The van der Waals surface area contributed by atoms with Crippen molar-refractivity contribution in [2.75, 3.05) is 19.7 Å². The lowest BCUT2D eigenvalue weighted by atomic mass is 10.2. The Bertz CT molecular complexity index is 376. The molecule has 20 heavy (non-hydrogen) atoms. The van der Waals surface area contributed by atoms with E-state index < -0.39 is 25.0 Å². The minimum Gasteiger partial charge on any atom is -0.389 e. The fourth-order valence-corrected chi connectivity index (χ4v) is 1.43. The summed E-state index contributed by atoms with van der Waals surface area (Å²) in [4.78, 5) is 0. The predicted molar refractivity (Wildman–Crippen MR) is 65.9 cm³/mol. The van der Waals surface area contributed by atoms with Gasteiger partial charge in [-0.3, -0.25) is 0 Å². The Morgan fingerprint density at radius 2 is 1.85 bits per heavy atom. The van der Waals surface area contributed by atoms with Crippen LogP contribution in [0.1, 0.15) is 5.56 Å². The summed E-state index contributed by atoms with van der Waals surface area (Å²) in [6.45, 7) is -1.20. The van der Waals surface area contributed by atoms with Gasteiger partial charge in [0.25, 0.3) is 0 Å². The van der Waals surface area contributed by atoms with E-state index in [2.05, 4.69) is 5.32 Å². The van der Waals surface area contributed by atoms with Crippen LogP contribution in [0.25, 0.3) is 0 Å². The molecule has 0 radical (unpaired) electrons. The summed E-state index contributed by atoms with van der Waals surface area (Å²) in [7, 11) is 0. The molecule has 3 nitrogen and oxygen atoms in total. The summed E-state index contributed by atoms with van der Waals surface area (Å²) in [6, 6.07) is 9.21. The molecule has 1 atom stereocenters. The summed E-state index contributed by atoms with van der Waals surface area (Å²) in [5.74, 6) is -4.09. The zero-order valence-corrected chi connectivity index (χ0v) is 10.7. The van der Waals surface area contributed by atoms with Crippen LogP contribution in [0.5, 0.6) is 0 Å². The van der Waals surface area contributed by atoms with Crippen LogP contribution in [0.4, 0.5) is 17.6 Å². The highest BCUT2D eigenvalue weighted by Gasteiger charge is 2.40. The van der Waals surface area contributed by atoms with Crippen LogP contribution in [-0.2, 0) is 11.3 Å². The highest BCUT2D eigenvalue weighted by atomic mass is 19.3. The van der Waals surface area contributed by atoms with Crippen molar-refractivity contribution >= 4 is 0 Å². The molecule has 0 amide bonds. The first-order valence-electron chi connectivity index (χ1n) is 6.08. The largest absolute Gasteiger partial charge is 0.389 e. The van der Waals surface area contributed by atoms with E-state index in [9.17, 15) is 22.7 Å². The van der Waals surface area contributed by atoms with Crippen molar-refractivity contribution in [1.29, 1.82) is 0 Å². The number of ether oxygens (including phenoxy) is 1. The third kappa shape index (κ3) is 6.31. The Labute approximate surface area is 114 Å². The number of nitrogens with one attached hydrogen (secondary N) is 1. The Kier molecular flexibility index (Phi) is 6.90. The van der Waals surface area contributed by atoms with Gasteiger partial charge >= 0.3 is 12.3 Å². The first-order chi connectivity index (χ1) is 9.42. The number of benzene rings is 1. The van der Waals surface area contributed by atoms with Crippen LogP contribution >= 0.6 is 0 Å². The molecule has 0 spiro atoms. The van der Waals surface area contributed by atoms with Crippen molar-refractivity contribution in [3.05, 3.63) is 35.9 Å². The van der Waals surface area contributed by atoms with Gasteiger partial charge in [0.15, 0.2) is 0 Å². The first-order valence-corrected chi connectivity index (χ1v) is 6.08. The molecule has 2 N–H and O–H groups in total. The second-order valence-corrected chi connectivity index (χ2v) is 4.35. The summed E-state index contributed by atoms with van der Waals surface area (Å²) in [5, 5.41) is 11.5. The van der Waals surface area contributed by atoms with E-state index in [1.807, 2.05) is 30.3 Å². The number of hydrogen-bond acceptors (Lipinski definition) is 3. The van der Waals surface area contributed by atoms with Crippen LogP contribution in [-0.4, -0.2) is 43.3 Å². The number of alkyl halides is 4. The van der Waals surface area contributed by atoms with E-state index in [1.54, 1.807) is 0 Å². The van der Waals surface area contributed by atoms with Crippen LogP contribution in [0.15, 0.2) is 30.3 Å². The van der Waals surface area contributed by atoms with E-state index >= 15 is 0 Å². The first kappa shape index (κ1) is 16.9. The summed E-state index contributed by atoms with van der Waals surface area (Å²) in [5.41, 5.74) is 0.914. The van der Waals surface area contributed by atoms with Crippen molar-refractivity contribution < 1.29 is 27.4 Å². The maximum absolute atomic E-state index is 12.5. The molecule has 0 aromatic heterocycles. The zero-order valence-electron chi connectivity index (χ0n) is 10.7. The normalized spacial score (nSPS) is 13.7. The second-order valence-electron chi connectivity index (χ2n) is 4.35. The average Bonchev–Trinajstić information content (AvgIpc) is 2.39. The van der Waals surface area contributed by atoms with Gasteiger partial charge < -0.3 is 15.2 Å². The predicted octanol–water partition coefficient (Wildman–Crippen LogP) is 2.05. The van der Waals surface area contributed by atoms with Crippen LogP contribution in [0.2, 0.25) is 0 Å². The summed E-state index contributed by atoms with van der Waals surface area (Å²) in [6.07, 6.45) is -4.76. The van der Waals surface area contributed by atoms with Gasteiger partial charge in [0.05, 0.1) is 25.9 Å². The Hall–Kier alpha value is -1.18. The molecule has 0 aliphatic rings. The quantitative estimate of drug-likeness (QED) is 0.685. The lowest BCUT2D eigenvalue weighted by molar-refractivity contribution is -0.126. The fourth-order valence-electron chi connectivity index (χ4n) is 1.43. The maximum Gasteiger partial charge on any atom is 0.319 e. The SMILES string of the molecule is OC(CNCC(F)(F)C(F)F)COCc1ccccc1. The van der Waals surface area contributed by atoms with Crippen molar-refractivity contribution in [2.24, 2.45) is 0 Å². The topological polar surface area (TPSA) is 41.5 Å². The van der Waals surface area contributed by atoms with Crippen molar-refractivity contribution in [3.8, 4) is 0 Å². The molecule has 1 unspecified atom stereocenters.